The van der Waals surface area contributed by atoms with Crippen molar-refractivity contribution >= 4 is 11.8 Å². The Labute approximate surface area is 117 Å². The summed E-state index contributed by atoms with van der Waals surface area (Å²) in [6.45, 7) is 2.33. The lowest BCUT2D eigenvalue weighted by molar-refractivity contribution is 0.178. The number of aryl methyl sites for hydroxylation is 1. The predicted molar refractivity (Wildman–Crippen MR) is 75.6 cm³/mol. The van der Waals surface area contributed by atoms with Crippen LogP contribution in [0.2, 0.25) is 0 Å². The minimum atomic E-state index is -0.815. The van der Waals surface area contributed by atoms with E-state index in [9.17, 15) is 9.18 Å². The largest absolute Gasteiger partial charge is 0.385 e. The predicted octanol–water partition coefficient (Wildman–Crippen LogP) is 2.34. The smallest absolute Gasteiger partial charge is 0.256 e. The zero-order valence-corrected chi connectivity index (χ0v) is 12.5. The van der Waals surface area contributed by atoms with E-state index in [-0.39, 0.29) is 5.56 Å². The summed E-state index contributed by atoms with van der Waals surface area (Å²) in [5.41, 5.74) is 0.573. The van der Waals surface area contributed by atoms with E-state index in [1.807, 2.05) is 0 Å². The number of rotatable bonds is 8. The summed E-state index contributed by atoms with van der Waals surface area (Å²) < 4.78 is 19.9. The molecule has 1 atom stereocenters. The Morgan fingerprint density at radius 1 is 1.53 bits per heavy atom. The second-order valence-corrected chi connectivity index (χ2v) is 5.52. The van der Waals surface area contributed by atoms with Crippen LogP contribution in [-0.4, -0.2) is 35.2 Å². The summed E-state index contributed by atoms with van der Waals surface area (Å²) in [6, 6.07) is 0. The van der Waals surface area contributed by atoms with Gasteiger partial charge in [0, 0.05) is 38.3 Å². The van der Waals surface area contributed by atoms with Crippen molar-refractivity contribution in [3.05, 3.63) is 22.1 Å². The molecule has 108 valence electrons. The van der Waals surface area contributed by atoms with Crippen molar-refractivity contribution in [1.82, 2.24) is 9.55 Å². The third kappa shape index (κ3) is 5.32. The Kier molecular flexibility index (Phi) is 7.09. The first-order chi connectivity index (χ1) is 9.06. The SMILES string of the molecule is COCCCC(F)CCSc1ncc(C)c(=O)n1C. The second kappa shape index (κ2) is 8.32. The molecule has 0 aromatic carbocycles. The van der Waals surface area contributed by atoms with Crippen LogP contribution >= 0.6 is 11.8 Å². The molecule has 4 nitrogen and oxygen atoms in total. The quantitative estimate of drug-likeness (QED) is 0.418. The van der Waals surface area contributed by atoms with Crippen molar-refractivity contribution in [3.8, 4) is 0 Å². The van der Waals surface area contributed by atoms with E-state index in [1.165, 1.54) is 16.3 Å². The molecule has 0 fully saturated rings. The van der Waals surface area contributed by atoms with Crippen molar-refractivity contribution in [2.24, 2.45) is 7.05 Å². The molecule has 1 unspecified atom stereocenters. The van der Waals surface area contributed by atoms with Crippen LogP contribution in [0.1, 0.15) is 24.8 Å². The summed E-state index contributed by atoms with van der Waals surface area (Å²) in [7, 11) is 3.31. The van der Waals surface area contributed by atoms with Gasteiger partial charge in [0.1, 0.15) is 6.17 Å². The highest BCUT2D eigenvalue weighted by Gasteiger charge is 2.09. The van der Waals surface area contributed by atoms with Crippen LogP contribution in [-0.2, 0) is 11.8 Å². The van der Waals surface area contributed by atoms with Crippen LogP contribution in [0.15, 0.2) is 16.1 Å². The van der Waals surface area contributed by atoms with Crippen LogP contribution in [0.4, 0.5) is 4.39 Å². The second-order valence-electron chi connectivity index (χ2n) is 4.46. The van der Waals surface area contributed by atoms with Gasteiger partial charge in [0.2, 0.25) is 0 Å². The zero-order valence-electron chi connectivity index (χ0n) is 11.7. The molecule has 1 rings (SSSR count). The van der Waals surface area contributed by atoms with E-state index < -0.39 is 6.17 Å². The highest BCUT2D eigenvalue weighted by Crippen LogP contribution is 2.17. The molecule has 0 amide bonds. The van der Waals surface area contributed by atoms with Gasteiger partial charge in [0.25, 0.3) is 5.56 Å². The minimum Gasteiger partial charge on any atom is -0.385 e. The molecular weight excluding hydrogens is 267 g/mol. The number of nitrogens with zero attached hydrogens (tertiary/aromatic N) is 2. The summed E-state index contributed by atoms with van der Waals surface area (Å²) >= 11 is 1.42. The normalized spacial score (nSPS) is 12.6. The van der Waals surface area contributed by atoms with Crippen molar-refractivity contribution in [3.63, 3.8) is 0 Å². The van der Waals surface area contributed by atoms with Gasteiger partial charge in [-0.25, -0.2) is 9.37 Å². The van der Waals surface area contributed by atoms with Crippen molar-refractivity contribution < 1.29 is 9.13 Å². The number of alkyl halides is 1. The maximum atomic E-state index is 13.5. The fourth-order valence-electron chi connectivity index (χ4n) is 1.65. The maximum Gasteiger partial charge on any atom is 0.256 e. The molecule has 0 N–H and O–H groups in total. The molecule has 1 heterocycles. The van der Waals surface area contributed by atoms with Crippen LogP contribution in [0.25, 0.3) is 0 Å². The zero-order chi connectivity index (χ0) is 14.3. The summed E-state index contributed by atoms with van der Waals surface area (Å²) in [5, 5.41) is 0.639. The first-order valence-electron chi connectivity index (χ1n) is 6.34. The molecule has 6 heteroatoms. The van der Waals surface area contributed by atoms with Gasteiger partial charge in [-0.05, 0) is 26.2 Å². The van der Waals surface area contributed by atoms with Gasteiger partial charge in [-0.1, -0.05) is 11.8 Å². The van der Waals surface area contributed by atoms with Gasteiger partial charge < -0.3 is 4.74 Å². The van der Waals surface area contributed by atoms with E-state index in [0.29, 0.717) is 35.9 Å². The Hall–Kier alpha value is -0.880. The highest BCUT2D eigenvalue weighted by molar-refractivity contribution is 7.99. The van der Waals surface area contributed by atoms with Gasteiger partial charge in [0.05, 0.1) is 0 Å². The van der Waals surface area contributed by atoms with E-state index in [4.69, 9.17) is 4.74 Å². The van der Waals surface area contributed by atoms with Crippen molar-refractivity contribution in [2.75, 3.05) is 19.5 Å². The molecule has 0 aliphatic rings. The van der Waals surface area contributed by atoms with Gasteiger partial charge >= 0.3 is 0 Å². The molecule has 1 aromatic heterocycles. The molecule has 0 saturated heterocycles. The Balaban J connectivity index is 2.37. The summed E-state index contributed by atoms with van der Waals surface area (Å²) in [4.78, 5) is 15.9. The molecule has 0 aliphatic carbocycles. The average Bonchev–Trinajstić information content (AvgIpc) is 2.39. The fraction of sp³-hybridized carbons (Fsp3) is 0.692. The monoisotopic (exact) mass is 288 g/mol. The van der Waals surface area contributed by atoms with Crippen molar-refractivity contribution in [2.45, 2.75) is 37.5 Å². The van der Waals surface area contributed by atoms with Gasteiger partial charge in [-0.15, -0.1) is 0 Å². The van der Waals surface area contributed by atoms with Crippen LogP contribution in [0.3, 0.4) is 0 Å². The molecule has 0 radical (unpaired) electrons. The Bertz CT molecular complexity index is 451. The first kappa shape index (κ1) is 16.2. The number of aromatic nitrogens is 2. The molecule has 0 bridgehead atoms. The molecule has 0 aliphatic heterocycles. The third-order valence-corrected chi connectivity index (χ3v) is 3.90. The Morgan fingerprint density at radius 2 is 2.26 bits per heavy atom. The standard InChI is InChI=1S/C13H21FN2O2S/c1-10-9-15-13(16(2)12(10)17)19-8-6-11(14)5-4-7-18-3/h9,11H,4-8H2,1-3H3. The molecule has 0 saturated carbocycles. The number of thioether (sulfide) groups is 1. The lowest BCUT2D eigenvalue weighted by atomic mass is 10.2. The number of hydrogen-bond acceptors (Lipinski definition) is 4. The topological polar surface area (TPSA) is 44.1 Å². The fourth-order valence-corrected chi connectivity index (χ4v) is 2.61. The third-order valence-electron chi connectivity index (χ3n) is 2.83. The molecule has 19 heavy (non-hydrogen) atoms. The molecule has 1 aromatic rings. The number of halogens is 1. The van der Waals surface area contributed by atoms with E-state index in [0.717, 1.165) is 6.42 Å². The number of methoxy groups -OCH3 is 1. The van der Waals surface area contributed by atoms with Gasteiger partial charge in [-0.3, -0.25) is 9.36 Å². The number of hydrogen-bond donors (Lipinski definition) is 0. The lowest BCUT2D eigenvalue weighted by Crippen LogP contribution is -2.21. The highest BCUT2D eigenvalue weighted by atomic mass is 32.2. The van der Waals surface area contributed by atoms with Crippen LogP contribution in [0.5, 0.6) is 0 Å². The van der Waals surface area contributed by atoms with Crippen molar-refractivity contribution in [1.29, 1.82) is 0 Å². The van der Waals surface area contributed by atoms with E-state index in [2.05, 4.69) is 4.98 Å². The summed E-state index contributed by atoms with van der Waals surface area (Å²) in [5.74, 6) is 0.623. The summed E-state index contributed by atoms with van der Waals surface area (Å²) in [6.07, 6.45) is 2.48. The van der Waals surface area contributed by atoms with Crippen LogP contribution in [0, 0.1) is 6.92 Å². The molecule has 0 spiro atoms. The van der Waals surface area contributed by atoms with Crippen LogP contribution < -0.4 is 5.56 Å². The van der Waals surface area contributed by atoms with E-state index in [1.54, 1.807) is 27.3 Å². The number of ether oxygens (including phenoxy) is 1. The van der Waals surface area contributed by atoms with Gasteiger partial charge in [-0.2, -0.15) is 0 Å². The average molecular weight is 288 g/mol. The Morgan fingerprint density at radius 3 is 2.95 bits per heavy atom. The lowest BCUT2D eigenvalue weighted by Gasteiger charge is -2.09. The minimum absolute atomic E-state index is 0.0469. The first-order valence-corrected chi connectivity index (χ1v) is 7.33. The maximum absolute atomic E-state index is 13.5. The molecular formula is C13H21FN2O2S. The van der Waals surface area contributed by atoms with E-state index >= 15 is 0 Å². The van der Waals surface area contributed by atoms with Gasteiger partial charge in [0.15, 0.2) is 5.16 Å².